The van der Waals surface area contributed by atoms with Crippen molar-refractivity contribution in [1.82, 2.24) is 10.3 Å². The number of nitrogens with one attached hydrogen (secondary N) is 2. The number of aromatic amines is 1. The van der Waals surface area contributed by atoms with Crippen LogP contribution in [0.2, 0.25) is 0 Å². The van der Waals surface area contributed by atoms with E-state index in [1.807, 2.05) is 45.2 Å². The van der Waals surface area contributed by atoms with Crippen LogP contribution in [0.25, 0.3) is 10.9 Å². The molecule has 1 aromatic heterocycles. The van der Waals surface area contributed by atoms with E-state index >= 15 is 0 Å². The zero-order valence-electron chi connectivity index (χ0n) is 13.8. The summed E-state index contributed by atoms with van der Waals surface area (Å²) in [6.07, 6.45) is 2.39. The number of benzene rings is 1. The molecule has 1 aromatic carbocycles. The Morgan fingerprint density at radius 1 is 1.43 bits per heavy atom. The van der Waals surface area contributed by atoms with Crippen molar-refractivity contribution in [3.8, 4) is 0 Å². The van der Waals surface area contributed by atoms with Gasteiger partial charge < -0.3 is 20.1 Å². The molecule has 1 aliphatic rings. The van der Waals surface area contributed by atoms with Crippen molar-refractivity contribution in [2.24, 2.45) is 5.41 Å². The number of H-pyrrole nitrogens is 1. The molecule has 1 saturated carbocycles. The van der Waals surface area contributed by atoms with Crippen LogP contribution in [-0.4, -0.2) is 40.9 Å². The lowest BCUT2D eigenvalue weighted by Crippen LogP contribution is -2.68. The molecule has 5 heteroatoms. The van der Waals surface area contributed by atoms with Gasteiger partial charge in [0.2, 0.25) is 0 Å². The molecule has 0 saturated heterocycles. The molecule has 1 amide bonds. The highest BCUT2D eigenvalue weighted by molar-refractivity contribution is 6.05. The Kier molecular flexibility index (Phi) is 3.94. The SMILES string of the molecule is CCOC1CC(O)(CNC(=O)c2cccc3cc[nH]c23)C1(C)C. The highest BCUT2D eigenvalue weighted by atomic mass is 16.5. The average Bonchev–Trinajstić information content (AvgIpc) is 3.00. The molecule has 0 radical (unpaired) electrons. The molecular formula is C18H24N2O3. The number of amides is 1. The average molecular weight is 316 g/mol. The highest BCUT2D eigenvalue weighted by Gasteiger charge is 2.59. The number of aromatic nitrogens is 1. The van der Waals surface area contributed by atoms with Crippen molar-refractivity contribution in [2.75, 3.05) is 13.2 Å². The number of para-hydroxylation sites is 1. The molecule has 124 valence electrons. The van der Waals surface area contributed by atoms with Gasteiger partial charge in [0.25, 0.3) is 5.91 Å². The number of hydrogen-bond acceptors (Lipinski definition) is 3. The summed E-state index contributed by atoms with van der Waals surface area (Å²) in [7, 11) is 0. The topological polar surface area (TPSA) is 74.3 Å². The minimum absolute atomic E-state index is 0.0289. The van der Waals surface area contributed by atoms with Crippen molar-refractivity contribution < 1.29 is 14.6 Å². The van der Waals surface area contributed by atoms with Gasteiger partial charge in [-0.3, -0.25) is 4.79 Å². The van der Waals surface area contributed by atoms with Crippen LogP contribution in [0.1, 0.15) is 37.6 Å². The Hall–Kier alpha value is -1.85. The van der Waals surface area contributed by atoms with Gasteiger partial charge in [-0.15, -0.1) is 0 Å². The first-order chi connectivity index (χ1) is 10.9. The van der Waals surface area contributed by atoms with Gasteiger partial charge in [0.15, 0.2) is 0 Å². The molecule has 1 aliphatic carbocycles. The highest BCUT2D eigenvalue weighted by Crippen LogP contribution is 2.50. The quantitative estimate of drug-likeness (QED) is 0.793. The fourth-order valence-electron chi connectivity index (χ4n) is 3.36. The summed E-state index contributed by atoms with van der Waals surface area (Å²) in [6.45, 7) is 6.76. The monoisotopic (exact) mass is 316 g/mol. The minimum atomic E-state index is -0.938. The number of fused-ring (bicyclic) bond motifs is 1. The molecule has 2 unspecified atom stereocenters. The van der Waals surface area contributed by atoms with Gasteiger partial charge >= 0.3 is 0 Å². The second kappa shape index (κ2) is 5.65. The smallest absolute Gasteiger partial charge is 0.253 e. The first-order valence-corrected chi connectivity index (χ1v) is 8.07. The lowest BCUT2D eigenvalue weighted by atomic mass is 9.56. The zero-order chi connectivity index (χ0) is 16.7. The standard InChI is InChI=1S/C18H24N2O3/c1-4-23-14-10-18(22,17(14,2)3)11-20-16(21)13-7-5-6-12-8-9-19-15(12)13/h5-9,14,19,22H,4,10-11H2,1-3H3,(H,20,21). The van der Waals surface area contributed by atoms with E-state index in [4.69, 9.17) is 4.74 Å². The molecule has 2 aromatic rings. The Morgan fingerprint density at radius 3 is 2.91 bits per heavy atom. The van der Waals surface area contributed by atoms with Crippen LogP contribution in [0.4, 0.5) is 0 Å². The van der Waals surface area contributed by atoms with E-state index in [-0.39, 0.29) is 24.0 Å². The van der Waals surface area contributed by atoms with E-state index < -0.39 is 5.60 Å². The molecule has 23 heavy (non-hydrogen) atoms. The Bertz CT molecular complexity index is 722. The molecule has 2 atom stereocenters. The third-order valence-corrected chi connectivity index (χ3v) is 5.27. The van der Waals surface area contributed by atoms with Crippen LogP contribution in [-0.2, 0) is 4.74 Å². The normalized spacial score (nSPS) is 26.0. The van der Waals surface area contributed by atoms with Gasteiger partial charge in [-0.2, -0.15) is 0 Å². The summed E-state index contributed by atoms with van der Waals surface area (Å²) < 4.78 is 5.65. The summed E-state index contributed by atoms with van der Waals surface area (Å²) in [4.78, 5) is 15.6. The lowest BCUT2D eigenvalue weighted by Gasteiger charge is -2.57. The number of hydrogen-bond donors (Lipinski definition) is 3. The molecule has 0 bridgehead atoms. The van der Waals surface area contributed by atoms with Crippen molar-refractivity contribution in [1.29, 1.82) is 0 Å². The van der Waals surface area contributed by atoms with Gasteiger partial charge in [0, 0.05) is 36.6 Å². The van der Waals surface area contributed by atoms with Crippen LogP contribution in [0.3, 0.4) is 0 Å². The summed E-state index contributed by atoms with van der Waals surface area (Å²) in [5, 5.41) is 14.7. The van der Waals surface area contributed by atoms with Gasteiger partial charge in [-0.25, -0.2) is 0 Å². The molecule has 5 nitrogen and oxygen atoms in total. The zero-order valence-corrected chi connectivity index (χ0v) is 13.8. The van der Waals surface area contributed by atoms with Crippen LogP contribution >= 0.6 is 0 Å². The van der Waals surface area contributed by atoms with Crippen molar-refractivity contribution in [3.05, 3.63) is 36.0 Å². The molecule has 3 rings (SSSR count). The van der Waals surface area contributed by atoms with Gasteiger partial charge in [0.05, 0.1) is 22.8 Å². The maximum absolute atomic E-state index is 12.5. The third-order valence-electron chi connectivity index (χ3n) is 5.27. The Balaban J connectivity index is 1.69. The minimum Gasteiger partial charge on any atom is -0.387 e. The molecule has 1 fully saturated rings. The van der Waals surface area contributed by atoms with Gasteiger partial charge in [-0.1, -0.05) is 26.0 Å². The van der Waals surface area contributed by atoms with Gasteiger partial charge in [0.1, 0.15) is 0 Å². The van der Waals surface area contributed by atoms with E-state index in [0.29, 0.717) is 18.6 Å². The molecule has 0 aliphatic heterocycles. The summed E-state index contributed by atoms with van der Waals surface area (Å²) in [6, 6.07) is 7.53. The first-order valence-electron chi connectivity index (χ1n) is 8.07. The molecule has 0 spiro atoms. The number of carbonyl (C=O) groups excluding carboxylic acids is 1. The van der Waals surface area contributed by atoms with Gasteiger partial charge in [-0.05, 0) is 19.1 Å². The predicted molar refractivity (Wildman–Crippen MR) is 89.4 cm³/mol. The molecule has 3 N–H and O–H groups in total. The summed E-state index contributed by atoms with van der Waals surface area (Å²) in [5.41, 5.74) is 0.0903. The van der Waals surface area contributed by atoms with Crippen LogP contribution in [0.5, 0.6) is 0 Å². The molecule has 1 heterocycles. The second-order valence-corrected chi connectivity index (χ2v) is 6.83. The molecular weight excluding hydrogens is 292 g/mol. The Labute approximate surface area is 136 Å². The third kappa shape index (κ3) is 2.54. The van der Waals surface area contributed by atoms with E-state index in [2.05, 4.69) is 10.3 Å². The maximum atomic E-state index is 12.5. The van der Waals surface area contributed by atoms with Crippen LogP contribution in [0.15, 0.2) is 30.5 Å². The fraction of sp³-hybridized carbons (Fsp3) is 0.500. The predicted octanol–water partition coefficient (Wildman–Crippen LogP) is 2.46. The number of ether oxygens (including phenoxy) is 1. The largest absolute Gasteiger partial charge is 0.387 e. The van der Waals surface area contributed by atoms with Crippen molar-refractivity contribution in [2.45, 2.75) is 38.9 Å². The fourth-order valence-corrected chi connectivity index (χ4v) is 3.36. The van der Waals surface area contributed by atoms with Crippen LogP contribution < -0.4 is 5.32 Å². The number of carbonyl (C=O) groups is 1. The number of aliphatic hydroxyl groups is 1. The van der Waals surface area contributed by atoms with Crippen molar-refractivity contribution >= 4 is 16.8 Å². The van der Waals surface area contributed by atoms with E-state index in [1.165, 1.54) is 0 Å². The van der Waals surface area contributed by atoms with E-state index in [0.717, 1.165) is 10.9 Å². The van der Waals surface area contributed by atoms with Crippen molar-refractivity contribution in [3.63, 3.8) is 0 Å². The van der Waals surface area contributed by atoms with E-state index in [9.17, 15) is 9.90 Å². The second-order valence-electron chi connectivity index (χ2n) is 6.83. The van der Waals surface area contributed by atoms with E-state index in [1.54, 1.807) is 6.07 Å². The van der Waals surface area contributed by atoms with Crippen LogP contribution in [0, 0.1) is 5.41 Å². The number of rotatable bonds is 5. The summed E-state index contributed by atoms with van der Waals surface area (Å²) >= 11 is 0. The lowest BCUT2D eigenvalue weighted by molar-refractivity contribution is -0.237. The Morgan fingerprint density at radius 2 is 2.22 bits per heavy atom. The summed E-state index contributed by atoms with van der Waals surface area (Å²) in [5.74, 6) is -0.179. The first kappa shape index (κ1) is 16.0. The maximum Gasteiger partial charge on any atom is 0.253 e.